The fourth-order valence-corrected chi connectivity index (χ4v) is 2.56. The third-order valence-electron chi connectivity index (χ3n) is 2.94. The monoisotopic (exact) mass is 249 g/mol. The van der Waals surface area contributed by atoms with E-state index in [1.54, 1.807) is 0 Å². The maximum Gasteiger partial charge on any atom is 0.106 e. The van der Waals surface area contributed by atoms with Gasteiger partial charge in [0.1, 0.15) is 5.82 Å². The molecule has 0 aliphatic rings. The normalized spacial score (nSPS) is 11.2. The molecule has 1 aromatic carbocycles. The smallest absolute Gasteiger partial charge is 0.106 e. The minimum Gasteiger partial charge on any atom is -0.399 e. The van der Waals surface area contributed by atoms with Crippen LogP contribution in [-0.4, -0.2) is 21.6 Å². The SMILES string of the molecule is CSCCCCn1c(C)nc2cc(N)ccc21. The van der Waals surface area contributed by atoms with E-state index in [0.717, 1.165) is 23.6 Å². The highest BCUT2D eigenvalue weighted by molar-refractivity contribution is 7.98. The molecule has 0 unspecified atom stereocenters. The van der Waals surface area contributed by atoms with Gasteiger partial charge in [0.15, 0.2) is 0 Å². The van der Waals surface area contributed by atoms with E-state index in [0.29, 0.717) is 0 Å². The number of nitrogen functional groups attached to an aromatic ring is 1. The molecule has 0 amide bonds. The summed E-state index contributed by atoms with van der Waals surface area (Å²) in [5.41, 5.74) is 8.75. The van der Waals surface area contributed by atoms with Gasteiger partial charge in [-0.2, -0.15) is 11.8 Å². The molecule has 0 atom stereocenters. The molecule has 0 fully saturated rings. The van der Waals surface area contributed by atoms with E-state index >= 15 is 0 Å². The van der Waals surface area contributed by atoms with Crippen LogP contribution in [0.25, 0.3) is 11.0 Å². The topological polar surface area (TPSA) is 43.8 Å². The summed E-state index contributed by atoms with van der Waals surface area (Å²) in [5.74, 6) is 2.31. The van der Waals surface area contributed by atoms with Crippen LogP contribution in [0.2, 0.25) is 0 Å². The van der Waals surface area contributed by atoms with Crippen molar-refractivity contribution < 1.29 is 0 Å². The molecule has 0 aliphatic carbocycles. The molecule has 2 rings (SSSR count). The van der Waals surface area contributed by atoms with Gasteiger partial charge < -0.3 is 10.3 Å². The van der Waals surface area contributed by atoms with Crippen molar-refractivity contribution in [3.63, 3.8) is 0 Å². The van der Waals surface area contributed by atoms with Crippen LogP contribution in [0.3, 0.4) is 0 Å². The first-order valence-corrected chi connectivity index (χ1v) is 7.33. The van der Waals surface area contributed by atoms with Crippen molar-refractivity contribution in [1.82, 2.24) is 9.55 Å². The molecular formula is C13H19N3S. The molecule has 0 bridgehead atoms. The van der Waals surface area contributed by atoms with E-state index < -0.39 is 0 Å². The van der Waals surface area contributed by atoms with Crippen molar-refractivity contribution in [2.75, 3.05) is 17.7 Å². The molecule has 0 saturated carbocycles. The van der Waals surface area contributed by atoms with Gasteiger partial charge in [0.2, 0.25) is 0 Å². The third kappa shape index (κ3) is 2.75. The standard InChI is InChI=1S/C13H19N3S/c1-10-15-12-9-11(14)5-6-13(12)16(10)7-3-4-8-17-2/h5-6,9H,3-4,7-8,14H2,1-2H3. The number of aryl methyl sites for hydroxylation is 2. The van der Waals surface area contributed by atoms with Crippen molar-refractivity contribution in [3.8, 4) is 0 Å². The fourth-order valence-electron chi connectivity index (χ4n) is 2.07. The molecule has 2 aromatic rings. The third-order valence-corrected chi connectivity index (χ3v) is 3.64. The number of hydrogen-bond donors (Lipinski definition) is 1. The number of hydrogen-bond acceptors (Lipinski definition) is 3. The molecule has 0 saturated heterocycles. The Balaban J connectivity index is 2.18. The van der Waals surface area contributed by atoms with Crippen molar-refractivity contribution in [3.05, 3.63) is 24.0 Å². The number of imidazole rings is 1. The Bertz CT molecular complexity index is 505. The van der Waals surface area contributed by atoms with Crippen molar-refractivity contribution in [1.29, 1.82) is 0 Å². The molecule has 17 heavy (non-hydrogen) atoms. The lowest BCUT2D eigenvalue weighted by molar-refractivity contribution is 0.634. The van der Waals surface area contributed by atoms with Crippen LogP contribution < -0.4 is 5.73 Å². The van der Waals surface area contributed by atoms with E-state index in [2.05, 4.69) is 28.8 Å². The molecule has 2 N–H and O–H groups in total. The average molecular weight is 249 g/mol. The highest BCUT2D eigenvalue weighted by Crippen LogP contribution is 2.19. The van der Waals surface area contributed by atoms with Gasteiger partial charge in [0.05, 0.1) is 11.0 Å². The lowest BCUT2D eigenvalue weighted by Gasteiger charge is -2.06. The summed E-state index contributed by atoms with van der Waals surface area (Å²) in [7, 11) is 0. The minimum absolute atomic E-state index is 0.782. The van der Waals surface area contributed by atoms with Gasteiger partial charge in [-0.25, -0.2) is 4.98 Å². The molecule has 0 aliphatic heterocycles. The van der Waals surface area contributed by atoms with Crippen LogP contribution in [0, 0.1) is 6.92 Å². The number of benzene rings is 1. The molecule has 0 spiro atoms. The van der Waals surface area contributed by atoms with Crippen molar-refractivity contribution in [2.24, 2.45) is 0 Å². The Morgan fingerprint density at radius 1 is 1.35 bits per heavy atom. The Labute approximate surface area is 106 Å². The number of fused-ring (bicyclic) bond motifs is 1. The van der Waals surface area contributed by atoms with E-state index in [-0.39, 0.29) is 0 Å². The number of nitrogens with two attached hydrogens (primary N) is 1. The van der Waals surface area contributed by atoms with E-state index in [1.807, 2.05) is 23.9 Å². The minimum atomic E-state index is 0.782. The predicted octanol–water partition coefficient (Wildman–Crippen LogP) is 3.07. The van der Waals surface area contributed by atoms with Gasteiger partial charge in [-0.05, 0) is 50.0 Å². The Kier molecular flexibility index (Phi) is 3.94. The van der Waals surface area contributed by atoms with Crippen LogP contribution in [0.5, 0.6) is 0 Å². The van der Waals surface area contributed by atoms with Gasteiger partial charge in [-0.15, -0.1) is 0 Å². The first-order chi connectivity index (χ1) is 8.22. The van der Waals surface area contributed by atoms with Gasteiger partial charge in [-0.1, -0.05) is 0 Å². The van der Waals surface area contributed by atoms with Gasteiger partial charge in [-0.3, -0.25) is 0 Å². The molecule has 1 heterocycles. The average Bonchev–Trinajstić information content (AvgIpc) is 2.60. The van der Waals surface area contributed by atoms with E-state index in [1.165, 1.54) is 24.1 Å². The molecule has 4 heteroatoms. The summed E-state index contributed by atoms with van der Waals surface area (Å²) in [5, 5.41) is 0. The second kappa shape index (κ2) is 5.45. The highest BCUT2D eigenvalue weighted by Gasteiger charge is 2.06. The summed E-state index contributed by atoms with van der Waals surface area (Å²) in [6, 6.07) is 5.96. The number of anilines is 1. The maximum atomic E-state index is 5.77. The largest absolute Gasteiger partial charge is 0.399 e. The molecule has 92 valence electrons. The summed E-state index contributed by atoms with van der Waals surface area (Å²) >= 11 is 1.91. The van der Waals surface area contributed by atoms with Crippen molar-refractivity contribution >= 4 is 28.5 Å². The first kappa shape index (κ1) is 12.3. The van der Waals surface area contributed by atoms with Crippen molar-refractivity contribution in [2.45, 2.75) is 26.3 Å². The van der Waals surface area contributed by atoms with E-state index in [9.17, 15) is 0 Å². The zero-order valence-electron chi connectivity index (χ0n) is 10.4. The highest BCUT2D eigenvalue weighted by atomic mass is 32.2. The van der Waals surface area contributed by atoms with Crippen LogP contribution in [0.1, 0.15) is 18.7 Å². The fraction of sp³-hybridized carbons (Fsp3) is 0.462. The zero-order valence-corrected chi connectivity index (χ0v) is 11.3. The summed E-state index contributed by atoms with van der Waals surface area (Å²) < 4.78 is 2.29. The van der Waals surface area contributed by atoms with Gasteiger partial charge in [0.25, 0.3) is 0 Å². The summed E-state index contributed by atoms with van der Waals surface area (Å²) in [4.78, 5) is 4.55. The lowest BCUT2D eigenvalue weighted by atomic mass is 10.2. The van der Waals surface area contributed by atoms with Crippen LogP contribution >= 0.6 is 11.8 Å². The maximum absolute atomic E-state index is 5.77. The van der Waals surface area contributed by atoms with Gasteiger partial charge >= 0.3 is 0 Å². The second-order valence-electron chi connectivity index (χ2n) is 4.26. The van der Waals surface area contributed by atoms with E-state index in [4.69, 9.17) is 5.73 Å². The number of unbranched alkanes of at least 4 members (excludes halogenated alkanes) is 1. The molecule has 1 aromatic heterocycles. The zero-order chi connectivity index (χ0) is 12.3. The molecular weight excluding hydrogens is 230 g/mol. The Morgan fingerprint density at radius 2 is 2.18 bits per heavy atom. The lowest BCUT2D eigenvalue weighted by Crippen LogP contribution is -2.01. The quantitative estimate of drug-likeness (QED) is 0.654. The number of thioether (sulfide) groups is 1. The first-order valence-electron chi connectivity index (χ1n) is 5.93. The van der Waals surface area contributed by atoms with Crippen LogP contribution in [0.4, 0.5) is 5.69 Å². The number of aromatic nitrogens is 2. The van der Waals surface area contributed by atoms with Crippen LogP contribution in [-0.2, 0) is 6.54 Å². The number of rotatable bonds is 5. The Morgan fingerprint density at radius 3 is 2.94 bits per heavy atom. The molecule has 0 radical (unpaired) electrons. The van der Waals surface area contributed by atoms with Gasteiger partial charge in [0, 0.05) is 12.2 Å². The Hall–Kier alpha value is -1.16. The summed E-state index contributed by atoms with van der Waals surface area (Å²) in [6.07, 6.45) is 4.62. The summed E-state index contributed by atoms with van der Waals surface area (Å²) in [6.45, 7) is 3.11. The van der Waals surface area contributed by atoms with Crippen LogP contribution in [0.15, 0.2) is 18.2 Å². The second-order valence-corrected chi connectivity index (χ2v) is 5.24. The number of nitrogens with zero attached hydrogens (tertiary/aromatic N) is 2. The predicted molar refractivity (Wildman–Crippen MR) is 76.5 cm³/mol. The molecule has 3 nitrogen and oxygen atoms in total.